The van der Waals surface area contributed by atoms with Crippen LogP contribution in [0, 0.1) is 0 Å². The summed E-state index contributed by atoms with van der Waals surface area (Å²) < 4.78 is 5.48. The third-order valence-corrected chi connectivity index (χ3v) is 6.60. The Morgan fingerprint density at radius 3 is 2.79 bits per heavy atom. The van der Waals surface area contributed by atoms with Gasteiger partial charge in [-0.15, -0.1) is 11.3 Å². The summed E-state index contributed by atoms with van der Waals surface area (Å²) in [6.07, 6.45) is 1.75. The van der Waals surface area contributed by atoms with Crippen LogP contribution in [0.2, 0.25) is 0 Å². The number of ketones is 1. The molecule has 1 aromatic heterocycles. The van der Waals surface area contributed by atoms with Gasteiger partial charge in [-0.1, -0.05) is 43.7 Å². The van der Waals surface area contributed by atoms with Gasteiger partial charge >= 0.3 is 0 Å². The topological polar surface area (TPSA) is 75.7 Å². The van der Waals surface area contributed by atoms with Crippen molar-refractivity contribution < 1.29 is 19.1 Å². The molecular weight excluding hydrogens is 388 g/mol. The summed E-state index contributed by atoms with van der Waals surface area (Å²) in [5.74, 6) is -0.492. The van der Waals surface area contributed by atoms with Crippen molar-refractivity contribution in [3.8, 4) is 10.4 Å². The van der Waals surface area contributed by atoms with Crippen LogP contribution in [-0.4, -0.2) is 53.8 Å². The normalized spacial score (nSPS) is 21.8. The van der Waals surface area contributed by atoms with Crippen molar-refractivity contribution in [1.29, 1.82) is 0 Å². The highest BCUT2D eigenvalue weighted by atomic mass is 32.1. The van der Waals surface area contributed by atoms with E-state index in [1.165, 1.54) is 11.3 Å². The fourth-order valence-electron chi connectivity index (χ4n) is 4.03. The van der Waals surface area contributed by atoms with E-state index in [0.717, 1.165) is 16.9 Å². The number of rotatable bonds is 6. The van der Waals surface area contributed by atoms with E-state index in [4.69, 9.17) is 4.74 Å². The first kappa shape index (κ1) is 19.8. The molecule has 0 saturated carbocycles. The van der Waals surface area contributed by atoms with E-state index in [0.29, 0.717) is 24.3 Å². The van der Waals surface area contributed by atoms with E-state index in [-0.39, 0.29) is 30.3 Å². The number of nitrogens with zero attached hydrogens (tertiary/aromatic N) is 1. The molecule has 29 heavy (non-hydrogen) atoms. The van der Waals surface area contributed by atoms with Crippen molar-refractivity contribution in [3.05, 3.63) is 47.3 Å². The predicted octanol–water partition coefficient (Wildman–Crippen LogP) is 2.88. The smallest absolute Gasteiger partial charge is 0.262 e. The van der Waals surface area contributed by atoms with Crippen LogP contribution in [0.5, 0.6) is 0 Å². The monoisotopic (exact) mass is 412 g/mol. The Kier molecular flexibility index (Phi) is 5.78. The molecule has 2 aliphatic heterocycles. The van der Waals surface area contributed by atoms with Gasteiger partial charge in [0.25, 0.3) is 5.91 Å². The lowest BCUT2D eigenvalue weighted by Gasteiger charge is -2.27. The molecule has 1 aromatic carbocycles. The third kappa shape index (κ3) is 3.97. The van der Waals surface area contributed by atoms with Gasteiger partial charge in [0.1, 0.15) is 18.7 Å². The fraction of sp³-hybridized carbons (Fsp3) is 0.409. The van der Waals surface area contributed by atoms with Crippen LogP contribution in [0.4, 0.5) is 0 Å². The summed E-state index contributed by atoms with van der Waals surface area (Å²) in [6.45, 7) is 2.54. The van der Waals surface area contributed by atoms with E-state index < -0.39 is 12.1 Å². The molecule has 3 atom stereocenters. The zero-order valence-electron chi connectivity index (χ0n) is 16.3. The molecule has 152 valence electrons. The summed E-state index contributed by atoms with van der Waals surface area (Å²) in [4.78, 5) is 41.2. The number of nitrogens with one attached hydrogen (secondary N) is 1. The molecule has 3 heterocycles. The van der Waals surface area contributed by atoms with Crippen molar-refractivity contribution >= 4 is 28.9 Å². The van der Waals surface area contributed by atoms with E-state index in [2.05, 4.69) is 5.32 Å². The van der Waals surface area contributed by atoms with Crippen LogP contribution in [0.25, 0.3) is 10.4 Å². The number of likely N-dealkylation sites (tertiary alicyclic amines) is 1. The molecule has 4 rings (SSSR count). The first-order valence-corrected chi connectivity index (χ1v) is 10.8. The molecule has 2 amide bonds. The third-order valence-electron chi connectivity index (χ3n) is 5.46. The fourth-order valence-corrected chi connectivity index (χ4v) is 4.95. The van der Waals surface area contributed by atoms with Gasteiger partial charge in [-0.25, -0.2) is 0 Å². The largest absolute Gasteiger partial charge is 0.368 e. The van der Waals surface area contributed by atoms with Gasteiger partial charge in [0.15, 0.2) is 5.78 Å². The van der Waals surface area contributed by atoms with E-state index in [1.54, 1.807) is 11.0 Å². The van der Waals surface area contributed by atoms with Gasteiger partial charge in [-0.2, -0.15) is 0 Å². The van der Waals surface area contributed by atoms with Crippen molar-refractivity contribution in [1.82, 2.24) is 10.2 Å². The Labute approximate surface area is 173 Å². The minimum absolute atomic E-state index is 0.0480. The van der Waals surface area contributed by atoms with Gasteiger partial charge in [0.2, 0.25) is 5.91 Å². The van der Waals surface area contributed by atoms with Crippen LogP contribution < -0.4 is 5.32 Å². The van der Waals surface area contributed by atoms with Crippen molar-refractivity contribution in [2.24, 2.45) is 0 Å². The molecule has 0 radical (unpaired) electrons. The Balaban J connectivity index is 1.47. The van der Waals surface area contributed by atoms with Crippen LogP contribution in [0.15, 0.2) is 42.5 Å². The maximum Gasteiger partial charge on any atom is 0.262 e. The lowest BCUT2D eigenvalue weighted by Crippen LogP contribution is -2.52. The molecule has 0 spiro atoms. The molecule has 2 saturated heterocycles. The zero-order valence-corrected chi connectivity index (χ0v) is 17.1. The van der Waals surface area contributed by atoms with Crippen LogP contribution in [-0.2, 0) is 14.3 Å². The molecule has 6 nitrogen and oxygen atoms in total. The molecule has 0 aliphatic carbocycles. The standard InChI is InChI=1S/C22H24N2O4S/c1-2-6-15(22(27)24-12-11-17-20(24)16(25)13-28-17)23-21(26)19-10-9-18(29-19)14-7-4-3-5-8-14/h3-5,7-10,15,17,20H,2,6,11-13H2,1H3,(H,23,26). The Bertz CT molecular complexity index is 911. The Morgan fingerprint density at radius 1 is 1.24 bits per heavy atom. The summed E-state index contributed by atoms with van der Waals surface area (Å²) in [5, 5.41) is 2.90. The van der Waals surface area contributed by atoms with Gasteiger partial charge < -0.3 is 15.0 Å². The van der Waals surface area contributed by atoms with E-state index >= 15 is 0 Å². The summed E-state index contributed by atoms with van der Waals surface area (Å²) in [7, 11) is 0. The molecule has 1 N–H and O–H groups in total. The number of hydrogen-bond acceptors (Lipinski definition) is 5. The van der Waals surface area contributed by atoms with Crippen molar-refractivity contribution in [3.63, 3.8) is 0 Å². The lowest BCUT2D eigenvalue weighted by molar-refractivity contribution is -0.138. The highest BCUT2D eigenvalue weighted by Crippen LogP contribution is 2.29. The van der Waals surface area contributed by atoms with Gasteiger partial charge in [0.05, 0.1) is 11.0 Å². The number of ether oxygens (including phenoxy) is 1. The molecule has 2 aliphatic rings. The summed E-state index contributed by atoms with van der Waals surface area (Å²) in [5.41, 5.74) is 1.06. The number of carbonyl (C=O) groups excluding carboxylic acids is 3. The number of fused-ring (bicyclic) bond motifs is 1. The minimum Gasteiger partial charge on any atom is -0.368 e. The van der Waals surface area contributed by atoms with Gasteiger partial charge in [-0.05, 0) is 30.5 Å². The second-order valence-corrected chi connectivity index (χ2v) is 8.51. The number of Topliss-reactive ketones (excluding diaryl/α,β-unsaturated/α-hetero) is 1. The highest BCUT2D eigenvalue weighted by Gasteiger charge is 2.47. The molecular formula is C22H24N2O4S. The molecule has 3 unspecified atom stereocenters. The number of amides is 2. The minimum atomic E-state index is -0.637. The summed E-state index contributed by atoms with van der Waals surface area (Å²) in [6, 6.07) is 12.5. The van der Waals surface area contributed by atoms with Gasteiger partial charge in [-0.3, -0.25) is 14.4 Å². The van der Waals surface area contributed by atoms with Crippen molar-refractivity contribution in [2.45, 2.75) is 44.4 Å². The Morgan fingerprint density at radius 2 is 2.03 bits per heavy atom. The van der Waals surface area contributed by atoms with Crippen LogP contribution in [0.3, 0.4) is 0 Å². The summed E-state index contributed by atoms with van der Waals surface area (Å²) >= 11 is 1.40. The van der Waals surface area contributed by atoms with Crippen molar-refractivity contribution in [2.75, 3.05) is 13.2 Å². The predicted molar refractivity (Wildman–Crippen MR) is 111 cm³/mol. The molecule has 2 aromatic rings. The first-order chi connectivity index (χ1) is 14.1. The maximum absolute atomic E-state index is 13.1. The molecule has 7 heteroatoms. The Hall–Kier alpha value is -2.51. The first-order valence-electron chi connectivity index (χ1n) is 9.99. The van der Waals surface area contributed by atoms with Crippen LogP contribution in [0.1, 0.15) is 35.9 Å². The SMILES string of the molecule is CCCC(NC(=O)c1ccc(-c2ccccc2)s1)C(=O)N1CCC2OCC(=O)C21. The highest BCUT2D eigenvalue weighted by molar-refractivity contribution is 7.17. The quantitative estimate of drug-likeness (QED) is 0.792. The van der Waals surface area contributed by atoms with Crippen LogP contribution >= 0.6 is 11.3 Å². The maximum atomic E-state index is 13.1. The van der Waals surface area contributed by atoms with E-state index in [9.17, 15) is 14.4 Å². The number of thiophene rings is 1. The molecule has 2 fully saturated rings. The number of carbonyl (C=O) groups is 3. The average Bonchev–Trinajstić information content (AvgIpc) is 3.46. The second kappa shape index (κ2) is 8.47. The van der Waals surface area contributed by atoms with Gasteiger partial charge in [0, 0.05) is 11.4 Å². The zero-order chi connectivity index (χ0) is 20.4. The number of hydrogen-bond donors (Lipinski definition) is 1. The lowest BCUT2D eigenvalue weighted by atomic mass is 10.1. The second-order valence-electron chi connectivity index (χ2n) is 7.43. The number of benzene rings is 1. The average molecular weight is 413 g/mol. The molecule has 0 bridgehead atoms. The van der Waals surface area contributed by atoms with E-state index in [1.807, 2.05) is 43.3 Å².